The van der Waals surface area contributed by atoms with Gasteiger partial charge in [0, 0.05) is 23.9 Å². The molecule has 2 atom stereocenters. The van der Waals surface area contributed by atoms with Crippen LogP contribution in [0.4, 0.5) is 20.1 Å². The fourth-order valence-electron chi connectivity index (χ4n) is 4.35. The van der Waals surface area contributed by atoms with Gasteiger partial charge in [-0.2, -0.15) is 0 Å². The molecule has 7 amide bonds. The van der Waals surface area contributed by atoms with Crippen LogP contribution in [0.15, 0.2) is 35.5 Å². The molecule has 2 saturated heterocycles. The Labute approximate surface area is 259 Å². The van der Waals surface area contributed by atoms with Crippen LogP contribution < -0.4 is 45.3 Å². The number of fused-ring (bicyclic) bond motifs is 1. The van der Waals surface area contributed by atoms with Gasteiger partial charge in [0.25, 0.3) is 5.91 Å². The average Bonchev–Trinajstić information content (AvgIpc) is 3.31. The van der Waals surface area contributed by atoms with E-state index in [9.17, 15) is 38.7 Å². The second-order valence-electron chi connectivity index (χ2n) is 8.79. The molecular formula is C24H24N5NaO10S. The number of hydrogen-bond acceptors (Lipinski definition) is 11. The molecule has 1 aromatic rings. The van der Waals surface area contributed by atoms with Crippen LogP contribution in [0.1, 0.15) is 12.5 Å². The number of benzene rings is 1. The van der Waals surface area contributed by atoms with Crippen molar-refractivity contribution in [2.24, 2.45) is 0 Å². The summed E-state index contributed by atoms with van der Waals surface area (Å²) in [5, 5.41) is 16.2. The van der Waals surface area contributed by atoms with E-state index in [2.05, 4.69) is 15.4 Å². The first-order valence-electron chi connectivity index (χ1n) is 11.9. The monoisotopic (exact) mass is 597 g/mol. The molecule has 0 aliphatic carbocycles. The van der Waals surface area contributed by atoms with Crippen molar-refractivity contribution in [3.63, 3.8) is 0 Å². The maximum Gasteiger partial charge on any atom is 1.00 e. The van der Waals surface area contributed by atoms with Crippen LogP contribution in [0.5, 0.6) is 0 Å². The van der Waals surface area contributed by atoms with Gasteiger partial charge in [-0.25, -0.2) is 24.2 Å². The first-order valence-corrected chi connectivity index (χ1v) is 12.9. The molecule has 0 spiro atoms. The normalized spacial score (nSPS) is 19.5. The molecule has 17 heteroatoms. The summed E-state index contributed by atoms with van der Waals surface area (Å²) in [5.74, 6) is -3.28. The van der Waals surface area contributed by atoms with Crippen LogP contribution >= 0.6 is 11.8 Å². The number of para-hydroxylation sites is 1. The first kappa shape index (κ1) is 31.9. The molecule has 4 rings (SSSR count). The summed E-state index contributed by atoms with van der Waals surface area (Å²) in [6, 6.07) is 3.68. The molecule has 2 fully saturated rings. The zero-order chi connectivity index (χ0) is 29.1. The number of hydrogen-bond donors (Lipinski definition) is 2. The number of esters is 1. The van der Waals surface area contributed by atoms with Gasteiger partial charge in [-0.05, 0) is 11.6 Å². The summed E-state index contributed by atoms with van der Waals surface area (Å²) in [6.07, 6.45) is -1.14. The minimum absolute atomic E-state index is 0. The molecule has 2 N–H and O–H groups in total. The van der Waals surface area contributed by atoms with E-state index in [0.717, 1.165) is 21.8 Å². The van der Waals surface area contributed by atoms with Crippen molar-refractivity contribution in [3.05, 3.63) is 41.1 Å². The van der Waals surface area contributed by atoms with Crippen LogP contribution in [0.3, 0.4) is 0 Å². The third kappa shape index (κ3) is 6.66. The number of β-lactam (4-membered cyclic amide) rings is 1. The van der Waals surface area contributed by atoms with Gasteiger partial charge in [-0.3, -0.25) is 19.3 Å². The summed E-state index contributed by atoms with van der Waals surface area (Å²) >= 11 is 1.20. The predicted octanol–water partition coefficient (Wildman–Crippen LogP) is -3.76. The number of thioether (sulfide) groups is 1. The summed E-state index contributed by atoms with van der Waals surface area (Å²) in [7, 11) is 1.11. The molecular weight excluding hydrogens is 573 g/mol. The van der Waals surface area contributed by atoms with Crippen LogP contribution in [-0.4, -0.2) is 101 Å². The maximum atomic E-state index is 12.9. The van der Waals surface area contributed by atoms with Crippen LogP contribution in [0.2, 0.25) is 0 Å². The number of anilines is 1. The topological polar surface area (TPSA) is 195 Å². The van der Waals surface area contributed by atoms with Crippen molar-refractivity contribution < 1.29 is 77.7 Å². The SMILES string of the molecule is COC(=O)N1CCN(C(=O)Nc2ccccc2CC(=O)NC2C(=O)N3C(C(=O)[O-])=C(COC(C)=O)CS[C@H]23)C1=O.[Na+]. The van der Waals surface area contributed by atoms with Gasteiger partial charge in [0.15, 0.2) is 0 Å². The van der Waals surface area contributed by atoms with Gasteiger partial charge >= 0.3 is 53.7 Å². The molecule has 1 unspecified atom stereocenters. The van der Waals surface area contributed by atoms with Gasteiger partial charge in [-0.1, -0.05) is 18.2 Å². The zero-order valence-electron chi connectivity index (χ0n) is 22.3. The first-order chi connectivity index (χ1) is 19.0. The number of nitrogens with one attached hydrogen (secondary N) is 2. The van der Waals surface area contributed by atoms with Gasteiger partial charge in [0.1, 0.15) is 18.0 Å². The summed E-state index contributed by atoms with van der Waals surface area (Å²) in [5.41, 5.74) is 0.447. The third-order valence-electron chi connectivity index (χ3n) is 6.27. The van der Waals surface area contributed by atoms with E-state index in [0.29, 0.717) is 5.56 Å². The van der Waals surface area contributed by atoms with E-state index < -0.39 is 53.3 Å². The number of aliphatic carboxylic acids is 1. The molecule has 3 aliphatic heterocycles. The van der Waals surface area contributed by atoms with Crippen molar-refractivity contribution in [2.45, 2.75) is 24.8 Å². The van der Waals surface area contributed by atoms with Gasteiger partial charge < -0.3 is 30.0 Å². The van der Waals surface area contributed by atoms with Crippen LogP contribution in [0.25, 0.3) is 0 Å². The fourth-order valence-corrected chi connectivity index (χ4v) is 5.68. The molecule has 41 heavy (non-hydrogen) atoms. The maximum absolute atomic E-state index is 12.9. The van der Waals surface area contributed by atoms with Crippen molar-refractivity contribution in [2.75, 3.05) is 37.9 Å². The van der Waals surface area contributed by atoms with Gasteiger partial charge in [0.2, 0.25) is 5.91 Å². The fraction of sp³-hybridized carbons (Fsp3) is 0.375. The number of amides is 7. The Kier molecular flexibility index (Phi) is 10.4. The largest absolute Gasteiger partial charge is 1.00 e. The number of imide groups is 2. The number of methoxy groups -OCH3 is 1. The number of carboxylic acid groups (broad SMARTS) is 1. The quantitative estimate of drug-likeness (QED) is 0.178. The molecule has 3 aliphatic rings. The van der Waals surface area contributed by atoms with Gasteiger partial charge in [-0.15, -0.1) is 11.8 Å². The Hall–Kier alpha value is -3.60. The predicted molar refractivity (Wildman–Crippen MR) is 134 cm³/mol. The Morgan fingerprint density at radius 1 is 1.10 bits per heavy atom. The Morgan fingerprint density at radius 3 is 2.44 bits per heavy atom. The molecule has 15 nitrogen and oxygen atoms in total. The molecule has 3 heterocycles. The zero-order valence-corrected chi connectivity index (χ0v) is 25.1. The van der Waals surface area contributed by atoms with Crippen LogP contribution in [-0.2, 0) is 35.1 Å². The minimum Gasteiger partial charge on any atom is -0.543 e. The van der Waals surface area contributed by atoms with Gasteiger partial charge in [0.05, 0.1) is 38.3 Å². The number of urea groups is 2. The van der Waals surface area contributed by atoms with E-state index in [1.165, 1.54) is 24.8 Å². The Morgan fingerprint density at radius 2 is 1.78 bits per heavy atom. The van der Waals surface area contributed by atoms with Crippen LogP contribution in [0, 0.1) is 0 Å². The van der Waals surface area contributed by atoms with E-state index in [4.69, 9.17) is 4.74 Å². The molecule has 1 aromatic carbocycles. The summed E-state index contributed by atoms with van der Waals surface area (Å²) < 4.78 is 9.40. The molecule has 0 aromatic heterocycles. The second kappa shape index (κ2) is 13.4. The smallest absolute Gasteiger partial charge is 0.543 e. The minimum atomic E-state index is -1.60. The number of carbonyl (C=O) groups is 7. The number of nitrogens with zero attached hydrogens (tertiary/aromatic N) is 3. The molecule has 0 bridgehead atoms. The van der Waals surface area contributed by atoms with E-state index in [1.54, 1.807) is 18.2 Å². The Bertz CT molecular complexity index is 1340. The number of ether oxygens (including phenoxy) is 2. The number of rotatable bonds is 7. The number of carbonyl (C=O) groups excluding carboxylic acids is 7. The second-order valence-corrected chi connectivity index (χ2v) is 9.90. The van der Waals surface area contributed by atoms with E-state index in [-0.39, 0.29) is 78.4 Å². The van der Waals surface area contributed by atoms with Crippen molar-refractivity contribution >= 4 is 59.4 Å². The summed E-state index contributed by atoms with van der Waals surface area (Å²) in [6.45, 7) is 0.791. The van der Waals surface area contributed by atoms with Crippen molar-refractivity contribution in [1.29, 1.82) is 0 Å². The molecule has 0 saturated carbocycles. The average molecular weight is 598 g/mol. The number of carboxylic acids is 1. The van der Waals surface area contributed by atoms with Crippen molar-refractivity contribution in [3.8, 4) is 0 Å². The third-order valence-corrected chi connectivity index (χ3v) is 7.61. The Balaban J connectivity index is 0.00000462. The standard InChI is InChI=1S/C24H25N5O10S.Na/c1-12(30)39-10-14-11-40-20-17(19(32)29(20)18(14)21(33)34)26-16(31)9-13-5-3-4-6-15(13)25-22(35)27-7-8-28(23(27)36)24(37)38-2;/h3-6,17,20H,7-11H2,1-2H3,(H,25,35)(H,26,31)(H,33,34);/q;+1/p-1/t17?,20-;/m1./s1. The molecule has 212 valence electrons. The van der Waals surface area contributed by atoms with E-state index >= 15 is 0 Å². The van der Waals surface area contributed by atoms with E-state index in [1.807, 2.05) is 0 Å². The summed E-state index contributed by atoms with van der Waals surface area (Å²) in [4.78, 5) is 87.9. The van der Waals surface area contributed by atoms with Crippen molar-refractivity contribution in [1.82, 2.24) is 20.0 Å². The molecule has 0 radical (unpaired) electrons.